The number of ether oxygens (including phenoxy) is 1. The van der Waals surface area contributed by atoms with Crippen molar-refractivity contribution < 1.29 is 9.53 Å². The van der Waals surface area contributed by atoms with Crippen LogP contribution in [0.3, 0.4) is 0 Å². The molecule has 0 aliphatic carbocycles. The molecule has 0 radical (unpaired) electrons. The summed E-state index contributed by atoms with van der Waals surface area (Å²) in [5, 5.41) is 0. The van der Waals surface area contributed by atoms with E-state index >= 15 is 0 Å². The molecule has 2 atom stereocenters. The molecule has 0 aromatic carbocycles. The molecule has 0 amide bonds. The van der Waals surface area contributed by atoms with Crippen molar-refractivity contribution in [2.45, 2.75) is 6.42 Å². The average molecular weight is 269 g/mol. The maximum absolute atomic E-state index is 12.1. The Bertz CT molecular complexity index is 303. The predicted octanol–water partition coefficient (Wildman–Crippen LogP) is -0.0253. The second kappa shape index (κ2) is 6.68. The number of piperazine rings is 1. The Balaban J connectivity index is 1.92. The van der Waals surface area contributed by atoms with Gasteiger partial charge in [-0.1, -0.05) is 0 Å². The molecule has 2 rings (SSSR count). The van der Waals surface area contributed by atoms with Gasteiger partial charge in [-0.15, -0.1) is 0 Å². The highest BCUT2D eigenvalue weighted by molar-refractivity contribution is 5.73. The molecule has 2 saturated heterocycles. The normalized spacial score (nSPS) is 28.5. The van der Waals surface area contributed by atoms with Crippen LogP contribution in [0.25, 0.3) is 0 Å². The molecule has 2 unspecified atom stereocenters. The van der Waals surface area contributed by atoms with E-state index in [2.05, 4.69) is 28.8 Å². The average Bonchev–Trinajstić information content (AvgIpc) is 2.83. The molecule has 2 fully saturated rings. The minimum Gasteiger partial charge on any atom is -0.469 e. The van der Waals surface area contributed by atoms with E-state index in [1.807, 2.05) is 0 Å². The SMILES string of the molecule is COC(=O)C(CN1CCN(C)CC1)C1CCN(C)C1. The first-order valence-electron chi connectivity index (χ1n) is 7.27. The summed E-state index contributed by atoms with van der Waals surface area (Å²) < 4.78 is 5.03. The quantitative estimate of drug-likeness (QED) is 0.670. The second-order valence-corrected chi connectivity index (χ2v) is 6.04. The molecule has 0 aromatic heterocycles. The van der Waals surface area contributed by atoms with Crippen LogP contribution in [0.15, 0.2) is 0 Å². The molecule has 0 aromatic rings. The lowest BCUT2D eigenvalue weighted by molar-refractivity contribution is -0.148. The van der Waals surface area contributed by atoms with Crippen molar-refractivity contribution in [1.29, 1.82) is 0 Å². The smallest absolute Gasteiger partial charge is 0.310 e. The fraction of sp³-hybridized carbons (Fsp3) is 0.929. The molecule has 5 nitrogen and oxygen atoms in total. The van der Waals surface area contributed by atoms with Gasteiger partial charge >= 0.3 is 5.97 Å². The van der Waals surface area contributed by atoms with Gasteiger partial charge in [0.25, 0.3) is 0 Å². The van der Waals surface area contributed by atoms with Crippen LogP contribution >= 0.6 is 0 Å². The largest absolute Gasteiger partial charge is 0.469 e. The van der Waals surface area contributed by atoms with E-state index in [0.717, 1.165) is 52.2 Å². The Labute approximate surface area is 116 Å². The van der Waals surface area contributed by atoms with E-state index in [1.165, 1.54) is 7.11 Å². The molecule has 2 aliphatic rings. The second-order valence-electron chi connectivity index (χ2n) is 6.04. The summed E-state index contributed by atoms with van der Waals surface area (Å²) in [7, 11) is 5.79. The fourth-order valence-electron chi connectivity index (χ4n) is 3.17. The standard InChI is InChI=1S/C14H27N3O2/c1-15-6-8-17(9-7-15)11-13(14(18)19-3)12-4-5-16(2)10-12/h12-13H,4-11H2,1-3H3. The summed E-state index contributed by atoms with van der Waals surface area (Å²) in [6, 6.07) is 0. The zero-order valence-corrected chi connectivity index (χ0v) is 12.5. The molecule has 0 spiro atoms. The highest BCUT2D eigenvalue weighted by atomic mass is 16.5. The maximum Gasteiger partial charge on any atom is 0.310 e. The van der Waals surface area contributed by atoms with E-state index in [4.69, 9.17) is 4.74 Å². The number of hydrogen-bond donors (Lipinski definition) is 0. The minimum absolute atomic E-state index is 0.0285. The highest BCUT2D eigenvalue weighted by Gasteiger charge is 2.35. The van der Waals surface area contributed by atoms with E-state index in [0.29, 0.717) is 5.92 Å². The van der Waals surface area contributed by atoms with Crippen molar-refractivity contribution in [3.05, 3.63) is 0 Å². The molecule has 110 valence electrons. The summed E-state index contributed by atoms with van der Waals surface area (Å²) in [6.45, 7) is 7.30. The molecule has 2 aliphatic heterocycles. The van der Waals surface area contributed by atoms with E-state index in [9.17, 15) is 4.79 Å². The molecule has 2 heterocycles. The molecule has 0 saturated carbocycles. The first-order valence-corrected chi connectivity index (χ1v) is 7.27. The van der Waals surface area contributed by atoms with Crippen LogP contribution in [0.5, 0.6) is 0 Å². The van der Waals surface area contributed by atoms with Gasteiger partial charge in [0.1, 0.15) is 0 Å². The molecular formula is C14H27N3O2. The highest BCUT2D eigenvalue weighted by Crippen LogP contribution is 2.25. The van der Waals surface area contributed by atoms with Crippen LogP contribution in [-0.4, -0.2) is 87.7 Å². The molecule has 0 N–H and O–H groups in total. The number of nitrogens with zero attached hydrogens (tertiary/aromatic N) is 3. The summed E-state index contributed by atoms with van der Waals surface area (Å²) in [5.41, 5.74) is 0. The number of hydrogen-bond acceptors (Lipinski definition) is 5. The Kier molecular flexibility index (Phi) is 5.19. The molecular weight excluding hydrogens is 242 g/mol. The number of carbonyl (C=O) groups excluding carboxylic acids is 1. The van der Waals surface area contributed by atoms with E-state index < -0.39 is 0 Å². The van der Waals surface area contributed by atoms with Crippen LogP contribution in [0.2, 0.25) is 0 Å². The van der Waals surface area contributed by atoms with Crippen LogP contribution in [0, 0.1) is 11.8 Å². The van der Waals surface area contributed by atoms with Gasteiger partial charge in [-0.2, -0.15) is 0 Å². The van der Waals surface area contributed by atoms with Gasteiger partial charge < -0.3 is 14.5 Å². The third-order valence-corrected chi connectivity index (χ3v) is 4.55. The van der Waals surface area contributed by atoms with Gasteiger partial charge in [-0.05, 0) is 33.0 Å². The number of likely N-dealkylation sites (tertiary alicyclic amines) is 1. The van der Waals surface area contributed by atoms with Crippen molar-refractivity contribution in [3.8, 4) is 0 Å². The van der Waals surface area contributed by atoms with E-state index in [-0.39, 0.29) is 11.9 Å². The maximum atomic E-state index is 12.1. The third-order valence-electron chi connectivity index (χ3n) is 4.55. The van der Waals surface area contributed by atoms with Crippen molar-refractivity contribution in [1.82, 2.24) is 14.7 Å². The van der Waals surface area contributed by atoms with Crippen molar-refractivity contribution >= 4 is 5.97 Å². The van der Waals surface area contributed by atoms with Crippen LogP contribution < -0.4 is 0 Å². The zero-order chi connectivity index (χ0) is 13.8. The van der Waals surface area contributed by atoms with Crippen molar-refractivity contribution in [3.63, 3.8) is 0 Å². The van der Waals surface area contributed by atoms with Gasteiger partial charge in [0.15, 0.2) is 0 Å². The lowest BCUT2D eigenvalue weighted by atomic mass is 9.90. The lowest BCUT2D eigenvalue weighted by Crippen LogP contribution is -2.48. The predicted molar refractivity (Wildman–Crippen MR) is 75.0 cm³/mol. The fourth-order valence-corrected chi connectivity index (χ4v) is 3.17. The van der Waals surface area contributed by atoms with Crippen LogP contribution in [0.1, 0.15) is 6.42 Å². The Hall–Kier alpha value is -0.650. The lowest BCUT2D eigenvalue weighted by Gasteiger charge is -2.35. The van der Waals surface area contributed by atoms with E-state index in [1.54, 1.807) is 0 Å². The Morgan fingerprint density at radius 1 is 1.16 bits per heavy atom. The molecule has 5 heteroatoms. The molecule has 19 heavy (non-hydrogen) atoms. The number of likely N-dealkylation sites (N-methyl/N-ethyl adjacent to an activating group) is 1. The monoisotopic (exact) mass is 269 g/mol. The summed E-state index contributed by atoms with van der Waals surface area (Å²) in [6.07, 6.45) is 1.12. The van der Waals surface area contributed by atoms with Crippen molar-refractivity contribution in [2.24, 2.45) is 11.8 Å². The minimum atomic E-state index is -0.0285. The van der Waals surface area contributed by atoms with Gasteiger partial charge in [0, 0.05) is 39.3 Å². The Morgan fingerprint density at radius 3 is 2.37 bits per heavy atom. The number of carbonyl (C=O) groups is 1. The van der Waals surface area contributed by atoms with Gasteiger partial charge in [0.05, 0.1) is 13.0 Å². The summed E-state index contributed by atoms with van der Waals surface area (Å²) >= 11 is 0. The third kappa shape index (κ3) is 3.91. The molecule has 0 bridgehead atoms. The summed E-state index contributed by atoms with van der Waals surface area (Å²) in [4.78, 5) is 19.1. The number of rotatable bonds is 4. The van der Waals surface area contributed by atoms with Crippen LogP contribution in [-0.2, 0) is 9.53 Å². The first-order chi connectivity index (χ1) is 9.10. The van der Waals surface area contributed by atoms with Gasteiger partial charge in [-0.25, -0.2) is 0 Å². The van der Waals surface area contributed by atoms with Crippen LogP contribution in [0.4, 0.5) is 0 Å². The van der Waals surface area contributed by atoms with Gasteiger partial charge in [0.2, 0.25) is 0 Å². The zero-order valence-electron chi connectivity index (χ0n) is 12.5. The Morgan fingerprint density at radius 2 is 1.84 bits per heavy atom. The van der Waals surface area contributed by atoms with Gasteiger partial charge in [-0.3, -0.25) is 9.69 Å². The topological polar surface area (TPSA) is 36.0 Å². The number of methoxy groups -OCH3 is 1. The summed E-state index contributed by atoms with van der Waals surface area (Å²) in [5.74, 6) is 0.467. The first kappa shape index (κ1) is 14.8. The number of esters is 1. The van der Waals surface area contributed by atoms with Crippen molar-refractivity contribution in [2.75, 3.05) is 67.0 Å².